The number of anilines is 1. The molecule has 1 aromatic carbocycles. The third kappa shape index (κ3) is 3.77. The average molecular weight is 379 g/mol. The minimum absolute atomic E-state index is 0.0225. The second-order valence-electron chi connectivity index (χ2n) is 4.91. The van der Waals surface area contributed by atoms with Gasteiger partial charge in [0.05, 0.1) is 21.3 Å². The van der Waals surface area contributed by atoms with E-state index in [2.05, 4.69) is 9.47 Å². The lowest BCUT2D eigenvalue weighted by Crippen LogP contribution is -2.13. The molecule has 0 atom stereocenters. The number of ether oxygens (including phenoxy) is 4. The van der Waals surface area contributed by atoms with E-state index in [1.54, 1.807) is 18.2 Å². The zero-order valence-corrected chi connectivity index (χ0v) is 15.2. The number of esters is 3. The van der Waals surface area contributed by atoms with Gasteiger partial charge in [0.15, 0.2) is 0 Å². The Bertz CT molecular complexity index is 844. The van der Waals surface area contributed by atoms with Crippen molar-refractivity contribution in [2.75, 3.05) is 27.1 Å². The highest BCUT2D eigenvalue weighted by Gasteiger charge is 2.28. The molecule has 26 heavy (non-hydrogen) atoms. The first-order chi connectivity index (χ1) is 12.4. The van der Waals surface area contributed by atoms with E-state index in [1.165, 1.54) is 27.4 Å². The molecular formula is C17H17NO7S. The molecule has 0 aliphatic carbocycles. The van der Waals surface area contributed by atoms with Crippen molar-refractivity contribution in [2.45, 2.75) is 6.61 Å². The number of hydrogen-bond donors (Lipinski definition) is 1. The third-order valence-electron chi connectivity index (χ3n) is 3.47. The van der Waals surface area contributed by atoms with Gasteiger partial charge in [-0.25, -0.2) is 14.4 Å². The minimum atomic E-state index is -0.739. The maximum atomic E-state index is 12.3. The number of thiophene rings is 1. The maximum absolute atomic E-state index is 12.3. The van der Waals surface area contributed by atoms with Crippen LogP contribution < -0.4 is 10.5 Å². The predicted molar refractivity (Wildman–Crippen MR) is 93.5 cm³/mol. The quantitative estimate of drug-likeness (QED) is 0.600. The first kappa shape index (κ1) is 19.3. The molecule has 0 aliphatic rings. The van der Waals surface area contributed by atoms with E-state index in [9.17, 15) is 14.4 Å². The molecule has 9 heteroatoms. The lowest BCUT2D eigenvalue weighted by atomic mass is 10.1. The summed E-state index contributed by atoms with van der Waals surface area (Å²) in [5, 5.41) is 0.0700. The highest BCUT2D eigenvalue weighted by molar-refractivity contribution is 7.18. The van der Waals surface area contributed by atoms with Gasteiger partial charge < -0.3 is 24.7 Å². The van der Waals surface area contributed by atoms with Crippen LogP contribution in [0.15, 0.2) is 24.3 Å². The normalized spacial score (nSPS) is 10.1. The first-order valence-electron chi connectivity index (χ1n) is 7.32. The molecule has 0 aliphatic heterocycles. The second-order valence-corrected chi connectivity index (χ2v) is 5.96. The Hall–Kier alpha value is -3.07. The van der Waals surface area contributed by atoms with Gasteiger partial charge >= 0.3 is 17.9 Å². The van der Waals surface area contributed by atoms with E-state index in [0.717, 1.165) is 11.3 Å². The molecule has 0 radical (unpaired) electrons. The van der Waals surface area contributed by atoms with Crippen LogP contribution >= 0.6 is 11.3 Å². The number of methoxy groups -OCH3 is 3. The van der Waals surface area contributed by atoms with Gasteiger partial charge in [-0.3, -0.25) is 0 Å². The molecule has 0 unspecified atom stereocenters. The summed E-state index contributed by atoms with van der Waals surface area (Å²) in [5.74, 6) is -1.78. The number of benzene rings is 1. The highest BCUT2D eigenvalue weighted by atomic mass is 32.1. The van der Waals surface area contributed by atoms with Crippen LogP contribution in [0.5, 0.6) is 5.75 Å². The summed E-state index contributed by atoms with van der Waals surface area (Å²) in [6, 6.07) is 6.51. The van der Waals surface area contributed by atoms with Crippen molar-refractivity contribution >= 4 is 34.2 Å². The Labute approximate surface area is 153 Å². The van der Waals surface area contributed by atoms with Crippen LogP contribution in [0.2, 0.25) is 0 Å². The molecule has 0 amide bonds. The lowest BCUT2D eigenvalue weighted by Gasteiger charge is -2.10. The molecule has 138 valence electrons. The average Bonchev–Trinajstić information content (AvgIpc) is 3.00. The van der Waals surface area contributed by atoms with Gasteiger partial charge in [-0.1, -0.05) is 12.1 Å². The van der Waals surface area contributed by atoms with E-state index < -0.39 is 17.9 Å². The minimum Gasteiger partial charge on any atom is -0.496 e. The fourth-order valence-electron chi connectivity index (χ4n) is 2.23. The summed E-state index contributed by atoms with van der Waals surface area (Å²) >= 11 is 0.859. The summed E-state index contributed by atoms with van der Waals surface area (Å²) in [5.41, 5.74) is 6.14. The fourth-order valence-corrected chi connectivity index (χ4v) is 3.21. The van der Waals surface area contributed by atoms with Crippen LogP contribution in [0.3, 0.4) is 0 Å². The van der Waals surface area contributed by atoms with Crippen molar-refractivity contribution < 1.29 is 33.3 Å². The molecule has 0 bridgehead atoms. The van der Waals surface area contributed by atoms with Crippen molar-refractivity contribution in [3.63, 3.8) is 0 Å². The number of rotatable bonds is 6. The van der Waals surface area contributed by atoms with Crippen molar-refractivity contribution in [1.82, 2.24) is 0 Å². The number of nitrogen functional groups attached to an aromatic ring is 1. The van der Waals surface area contributed by atoms with Gasteiger partial charge in [0.2, 0.25) is 0 Å². The first-order valence-corrected chi connectivity index (χ1v) is 8.14. The molecule has 2 aromatic rings. The maximum Gasteiger partial charge on any atom is 0.348 e. The molecule has 1 aromatic heterocycles. The van der Waals surface area contributed by atoms with Crippen molar-refractivity contribution in [2.24, 2.45) is 0 Å². The largest absolute Gasteiger partial charge is 0.496 e. The summed E-state index contributed by atoms with van der Waals surface area (Å²) in [6.07, 6.45) is 0. The molecule has 2 rings (SSSR count). The standard InChI is InChI=1S/C17H17NO7S/c1-22-11-7-5-4-6-9(11)15(19)25-8-10-12(16(20)23-2)14(18)26-13(10)17(21)24-3/h4-7H,8,18H2,1-3H3. The Morgan fingerprint density at radius 3 is 2.27 bits per heavy atom. The summed E-state index contributed by atoms with van der Waals surface area (Å²) < 4.78 is 19.7. The second kappa shape index (κ2) is 8.34. The van der Waals surface area contributed by atoms with Gasteiger partial charge in [0.1, 0.15) is 33.4 Å². The highest BCUT2D eigenvalue weighted by Crippen LogP contribution is 2.33. The van der Waals surface area contributed by atoms with Crippen molar-refractivity contribution in [1.29, 1.82) is 0 Å². The van der Waals surface area contributed by atoms with Crippen LogP contribution in [0.25, 0.3) is 0 Å². The van der Waals surface area contributed by atoms with E-state index in [4.69, 9.17) is 15.2 Å². The van der Waals surface area contributed by atoms with E-state index in [0.29, 0.717) is 5.75 Å². The molecule has 1 heterocycles. The van der Waals surface area contributed by atoms with Crippen LogP contribution in [0.1, 0.15) is 36.0 Å². The molecule has 8 nitrogen and oxygen atoms in total. The number of nitrogens with two attached hydrogens (primary N) is 1. The number of para-hydroxylation sites is 1. The van der Waals surface area contributed by atoms with Crippen molar-refractivity contribution in [3.8, 4) is 5.75 Å². The Morgan fingerprint density at radius 1 is 1.00 bits per heavy atom. The lowest BCUT2D eigenvalue weighted by molar-refractivity contribution is 0.0449. The molecule has 0 saturated carbocycles. The summed E-state index contributed by atoms with van der Waals surface area (Å²) in [7, 11) is 3.80. The number of hydrogen-bond acceptors (Lipinski definition) is 9. The van der Waals surface area contributed by atoms with E-state index in [-0.39, 0.29) is 33.2 Å². The molecule has 0 spiro atoms. The van der Waals surface area contributed by atoms with Crippen LogP contribution in [0.4, 0.5) is 5.00 Å². The molecule has 0 saturated heterocycles. The van der Waals surface area contributed by atoms with E-state index >= 15 is 0 Å². The number of carbonyl (C=O) groups excluding carboxylic acids is 3. The molecule has 0 fully saturated rings. The Morgan fingerprint density at radius 2 is 1.65 bits per heavy atom. The zero-order chi connectivity index (χ0) is 19.3. The SMILES string of the molecule is COC(=O)c1sc(N)c(C(=O)OC)c1COC(=O)c1ccccc1OC. The molecular weight excluding hydrogens is 362 g/mol. The smallest absolute Gasteiger partial charge is 0.348 e. The zero-order valence-electron chi connectivity index (χ0n) is 14.4. The van der Waals surface area contributed by atoms with Crippen LogP contribution in [-0.2, 0) is 20.8 Å². The van der Waals surface area contributed by atoms with Gasteiger partial charge in [0, 0.05) is 5.56 Å². The Balaban J connectivity index is 2.34. The van der Waals surface area contributed by atoms with Crippen LogP contribution in [0, 0.1) is 0 Å². The van der Waals surface area contributed by atoms with E-state index in [1.807, 2.05) is 0 Å². The van der Waals surface area contributed by atoms with Gasteiger partial charge in [-0.15, -0.1) is 11.3 Å². The Kier molecular flexibility index (Phi) is 6.18. The number of carbonyl (C=O) groups is 3. The molecule has 2 N–H and O–H groups in total. The summed E-state index contributed by atoms with van der Waals surface area (Å²) in [6.45, 7) is -0.362. The predicted octanol–water partition coefficient (Wildman–Crippen LogP) is 2.27. The topological polar surface area (TPSA) is 114 Å². The third-order valence-corrected chi connectivity index (χ3v) is 4.51. The summed E-state index contributed by atoms with van der Waals surface area (Å²) in [4.78, 5) is 36.3. The van der Waals surface area contributed by atoms with Crippen molar-refractivity contribution in [3.05, 3.63) is 45.8 Å². The monoisotopic (exact) mass is 379 g/mol. The van der Waals surface area contributed by atoms with Gasteiger partial charge in [0.25, 0.3) is 0 Å². The van der Waals surface area contributed by atoms with Gasteiger partial charge in [-0.2, -0.15) is 0 Å². The van der Waals surface area contributed by atoms with Crippen LogP contribution in [-0.4, -0.2) is 39.2 Å². The fraction of sp³-hybridized carbons (Fsp3) is 0.235. The van der Waals surface area contributed by atoms with Gasteiger partial charge in [-0.05, 0) is 12.1 Å².